The Morgan fingerprint density at radius 1 is 1.65 bits per heavy atom. The molecule has 0 aromatic heterocycles. The molecule has 1 rings (SSSR count). The van der Waals surface area contributed by atoms with Gasteiger partial charge in [-0.3, -0.25) is 9.79 Å². The van der Waals surface area contributed by atoms with Gasteiger partial charge in [0, 0.05) is 12.1 Å². The highest BCUT2D eigenvalue weighted by atomic mass is 35.5. The maximum Gasteiger partial charge on any atom is 0.230 e. The lowest BCUT2D eigenvalue weighted by molar-refractivity contribution is -0.119. The second-order valence-electron chi connectivity index (χ2n) is 3.17. The van der Waals surface area contributed by atoms with Crippen molar-refractivity contribution in [3.8, 4) is 0 Å². The summed E-state index contributed by atoms with van der Waals surface area (Å²) in [6.45, 7) is 3.56. The van der Waals surface area contributed by atoms with Crippen LogP contribution in [0.5, 0.6) is 0 Å². The Bertz CT molecular complexity index is 446. The van der Waals surface area contributed by atoms with Crippen LogP contribution in [0.4, 0.5) is 0 Å². The molecule has 0 aliphatic heterocycles. The molecule has 0 bridgehead atoms. The summed E-state index contributed by atoms with van der Waals surface area (Å²) in [6, 6.07) is 7.22. The van der Waals surface area contributed by atoms with E-state index in [-0.39, 0.29) is 12.3 Å². The Morgan fingerprint density at radius 2 is 2.41 bits per heavy atom. The molecule has 3 nitrogen and oxygen atoms in total. The van der Waals surface area contributed by atoms with E-state index in [1.807, 2.05) is 12.1 Å². The summed E-state index contributed by atoms with van der Waals surface area (Å²) < 4.78 is 0. The van der Waals surface area contributed by atoms with Gasteiger partial charge < -0.3 is 5.32 Å². The highest BCUT2D eigenvalue weighted by molar-refractivity contribution is 8.16. The van der Waals surface area contributed by atoms with Gasteiger partial charge in [-0.25, -0.2) is 0 Å². The van der Waals surface area contributed by atoms with Crippen LogP contribution < -0.4 is 5.32 Å². The predicted molar refractivity (Wildman–Crippen MR) is 74.4 cm³/mol. The van der Waals surface area contributed by atoms with Crippen molar-refractivity contribution in [2.75, 3.05) is 7.05 Å². The van der Waals surface area contributed by atoms with Crippen LogP contribution in [0.25, 0.3) is 0 Å². The van der Waals surface area contributed by atoms with Crippen molar-refractivity contribution in [1.29, 1.82) is 0 Å². The minimum Gasteiger partial charge on any atom is -0.305 e. The average molecular weight is 269 g/mol. The zero-order chi connectivity index (χ0) is 12.7. The number of hydrogen-bond donors (Lipinski definition) is 1. The summed E-state index contributed by atoms with van der Waals surface area (Å²) in [4.78, 5) is 15.6. The normalized spacial score (nSPS) is 11.1. The summed E-state index contributed by atoms with van der Waals surface area (Å²) in [5, 5.41) is 5.47. The molecule has 0 atom stereocenters. The van der Waals surface area contributed by atoms with E-state index < -0.39 is 0 Å². The van der Waals surface area contributed by atoms with Gasteiger partial charge in [-0.2, -0.15) is 0 Å². The lowest BCUT2D eigenvalue weighted by Crippen LogP contribution is -2.29. The number of rotatable bonds is 3. The predicted octanol–water partition coefficient (Wildman–Crippen LogP) is 2.86. The molecule has 5 heteroatoms. The molecule has 0 unspecified atom stereocenters. The first-order chi connectivity index (χ1) is 8.15. The molecule has 0 fully saturated rings. The minimum atomic E-state index is -0.123. The van der Waals surface area contributed by atoms with E-state index in [0.717, 1.165) is 5.56 Å². The van der Waals surface area contributed by atoms with Gasteiger partial charge in [0.25, 0.3) is 0 Å². The van der Waals surface area contributed by atoms with E-state index in [9.17, 15) is 4.79 Å². The highest BCUT2D eigenvalue weighted by Gasteiger charge is 2.06. The highest BCUT2D eigenvalue weighted by Crippen LogP contribution is 2.11. The summed E-state index contributed by atoms with van der Waals surface area (Å²) >= 11 is 7.11. The number of amidine groups is 1. The van der Waals surface area contributed by atoms with Crippen molar-refractivity contribution < 1.29 is 4.79 Å². The molecule has 0 saturated heterocycles. The van der Waals surface area contributed by atoms with Crippen LogP contribution in [0.2, 0.25) is 5.02 Å². The maximum atomic E-state index is 11.7. The van der Waals surface area contributed by atoms with E-state index in [1.165, 1.54) is 11.8 Å². The van der Waals surface area contributed by atoms with Gasteiger partial charge in [0.2, 0.25) is 5.91 Å². The van der Waals surface area contributed by atoms with Gasteiger partial charge in [0.15, 0.2) is 5.17 Å². The largest absolute Gasteiger partial charge is 0.305 e. The zero-order valence-corrected chi connectivity index (χ0v) is 11.0. The molecule has 1 amide bonds. The number of benzene rings is 1. The zero-order valence-electron chi connectivity index (χ0n) is 9.44. The van der Waals surface area contributed by atoms with E-state index >= 15 is 0 Å². The molecule has 0 heterocycles. The summed E-state index contributed by atoms with van der Waals surface area (Å²) in [5.41, 5.74) is 0.869. The minimum absolute atomic E-state index is 0.123. The van der Waals surface area contributed by atoms with E-state index in [2.05, 4.69) is 16.9 Å². The summed E-state index contributed by atoms with van der Waals surface area (Å²) in [6.07, 6.45) is 0.275. The van der Waals surface area contributed by atoms with Crippen molar-refractivity contribution in [1.82, 2.24) is 5.32 Å². The van der Waals surface area contributed by atoms with Crippen molar-refractivity contribution >= 4 is 34.4 Å². The number of nitrogens with zero attached hydrogens (tertiary/aromatic N) is 1. The molecule has 1 aromatic carbocycles. The Labute approximate surface area is 110 Å². The van der Waals surface area contributed by atoms with Crippen LogP contribution >= 0.6 is 23.4 Å². The molecule has 0 aliphatic carbocycles. The van der Waals surface area contributed by atoms with Crippen molar-refractivity contribution in [3.63, 3.8) is 0 Å². The topological polar surface area (TPSA) is 41.5 Å². The fraction of sp³-hybridized carbons (Fsp3) is 0.167. The first-order valence-corrected chi connectivity index (χ1v) is 6.20. The van der Waals surface area contributed by atoms with Gasteiger partial charge in [0.05, 0.1) is 6.42 Å². The van der Waals surface area contributed by atoms with Crippen LogP contribution in [0.1, 0.15) is 5.56 Å². The Kier molecular flexibility index (Phi) is 5.80. The fourth-order valence-corrected chi connectivity index (χ4v) is 1.86. The number of nitrogens with one attached hydrogen (secondary N) is 1. The SMILES string of the molecule is C=CSC(=NC)NC(=O)Cc1cccc(Cl)c1. The standard InChI is InChI=1S/C12H13ClN2OS/c1-3-17-12(14-2)15-11(16)8-9-5-4-6-10(13)7-9/h3-7H,1,8H2,2H3,(H,14,15,16). The molecule has 1 N–H and O–H groups in total. The Morgan fingerprint density at radius 3 is 3.00 bits per heavy atom. The lowest BCUT2D eigenvalue weighted by Gasteiger charge is -2.05. The number of carbonyl (C=O) groups excluding carboxylic acids is 1. The van der Waals surface area contributed by atoms with E-state index in [0.29, 0.717) is 10.2 Å². The number of carbonyl (C=O) groups is 1. The summed E-state index contributed by atoms with van der Waals surface area (Å²) in [5.74, 6) is -0.123. The van der Waals surface area contributed by atoms with Crippen molar-refractivity contribution in [3.05, 3.63) is 46.8 Å². The Hall–Kier alpha value is -1.26. The molecule has 0 spiro atoms. The second kappa shape index (κ2) is 7.14. The number of hydrogen-bond acceptors (Lipinski definition) is 3. The molecule has 1 aromatic rings. The smallest absolute Gasteiger partial charge is 0.230 e. The number of thioether (sulfide) groups is 1. The van der Waals surface area contributed by atoms with E-state index in [1.54, 1.807) is 24.6 Å². The van der Waals surface area contributed by atoms with Gasteiger partial charge in [-0.1, -0.05) is 42.1 Å². The van der Waals surface area contributed by atoms with Gasteiger partial charge in [0.1, 0.15) is 0 Å². The molecular weight excluding hydrogens is 256 g/mol. The quantitative estimate of drug-likeness (QED) is 0.677. The van der Waals surface area contributed by atoms with Crippen molar-refractivity contribution in [2.24, 2.45) is 4.99 Å². The number of aliphatic imine (C=N–C) groups is 1. The van der Waals surface area contributed by atoms with Crippen LogP contribution in [-0.4, -0.2) is 18.1 Å². The lowest BCUT2D eigenvalue weighted by atomic mass is 10.1. The summed E-state index contributed by atoms with van der Waals surface area (Å²) in [7, 11) is 1.62. The first kappa shape index (κ1) is 13.8. The van der Waals surface area contributed by atoms with Crippen molar-refractivity contribution in [2.45, 2.75) is 6.42 Å². The fourth-order valence-electron chi connectivity index (χ4n) is 1.21. The monoisotopic (exact) mass is 268 g/mol. The maximum absolute atomic E-state index is 11.7. The number of amides is 1. The molecule has 0 saturated carbocycles. The molecule has 90 valence electrons. The van der Waals surface area contributed by atoms with Crippen LogP contribution in [0, 0.1) is 0 Å². The Balaban J connectivity index is 2.58. The second-order valence-corrected chi connectivity index (χ2v) is 4.56. The van der Waals surface area contributed by atoms with Gasteiger partial charge in [-0.15, -0.1) is 0 Å². The third kappa shape index (κ3) is 5.06. The molecule has 0 aliphatic rings. The molecule has 17 heavy (non-hydrogen) atoms. The first-order valence-electron chi connectivity index (χ1n) is 4.94. The van der Waals surface area contributed by atoms with E-state index in [4.69, 9.17) is 11.6 Å². The molecule has 0 radical (unpaired) electrons. The van der Waals surface area contributed by atoms with Gasteiger partial charge in [-0.05, 0) is 23.1 Å². The number of halogens is 1. The van der Waals surface area contributed by atoms with Crippen LogP contribution in [-0.2, 0) is 11.2 Å². The molecular formula is C12H13ClN2OS. The van der Waals surface area contributed by atoms with Crippen LogP contribution in [0.15, 0.2) is 41.2 Å². The van der Waals surface area contributed by atoms with Gasteiger partial charge >= 0.3 is 0 Å². The third-order valence-corrected chi connectivity index (χ3v) is 2.81. The average Bonchev–Trinajstić information content (AvgIpc) is 2.28. The van der Waals surface area contributed by atoms with Crippen LogP contribution in [0.3, 0.4) is 0 Å². The third-order valence-electron chi connectivity index (χ3n) is 1.90.